The largest absolute Gasteiger partial charge is 0.298 e. The Labute approximate surface area is 85.4 Å². The maximum Gasteiger partial charge on any atom is 0.132 e. The van der Waals surface area contributed by atoms with Crippen LogP contribution in [0, 0.1) is 10.7 Å². The van der Waals surface area contributed by atoms with Gasteiger partial charge in [0.05, 0.1) is 21.1 Å². The minimum Gasteiger partial charge on any atom is -0.298 e. The number of thiocyanates is 1. The van der Waals surface area contributed by atoms with Crippen LogP contribution in [0.3, 0.4) is 0 Å². The van der Waals surface area contributed by atoms with Gasteiger partial charge in [-0.2, -0.15) is 5.26 Å². The Hall–Kier alpha value is -0.980. The lowest BCUT2D eigenvalue weighted by Crippen LogP contribution is -2.34. The highest BCUT2D eigenvalue weighted by Gasteiger charge is 2.08. The van der Waals surface area contributed by atoms with Crippen molar-refractivity contribution < 1.29 is 0 Å². The first kappa shape index (κ1) is 12.0. The van der Waals surface area contributed by atoms with Crippen LogP contribution in [-0.2, 0) is 0 Å². The number of quaternary nitrogens is 1. The smallest absolute Gasteiger partial charge is 0.132 e. The lowest BCUT2D eigenvalue weighted by Gasteiger charge is -2.22. The third-order valence-electron chi connectivity index (χ3n) is 1.53. The molecule has 0 saturated heterocycles. The number of hydrogen-bond acceptors (Lipinski definition) is 2. The van der Waals surface area contributed by atoms with Crippen LogP contribution >= 0.6 is 12.6 Å². The Morgan fingerprint density at radius 3 is 1.77 bits per heavy atom. The molecule has 0 aliphatic rings. The Morgan fingerprint density at radius 1 is 1.15 bits per heavy atom. The number of thiol groups is 1. The molecule has 0 fully saturated rings. The number of nitrogens with zero attached hydrogens (tertiary/aromatic N) is 2. The van der Waals surface area contributed by atoms with Crippen molar-refractivity contribution >= 4 is 18.3 Å². The molecule has 0 aliphatic carbocycles. The molecular weight excluding hydrogens is 180 g/mol. The van der Waals surface area contributed by atoms with Crippen molar-refractivity contribution in [2.75, 3.05) is 21.1 Å². The molecule has 0 bridgehead atoms. The van der Waals surface area contributed by atoms with Gasteiger partial charge in [-0.15, -0.1) is 0 Å². The van der Waals surface area contributed by atoms with Gasteiger partial charge in [0.2, 0.25) is 0 Å². The standard InChI is InChI=1S/C9H14N.CHNS/c1-10(2,3)9-7-5-4-6-8-9;2-1-3/h4-8H,1-3H3;3H/q+1;. The van der Waals surface area contributed by atoms with Crippen LogP contribution in [0.1, 0.15) is 0 Å². The average Bonchev–Trinajstić information content (AvgIpc) is 2.06. The van der Waals surface area contributed by atoms with Gasteiger partial charge in [0, 0.05) is 0 Å². The fourth-order valence-corrected chi connectivity index (χ4v) is 0.875. The number of rotatable bonds is 1. The zero-order chi connectivity index (χ0) is 10.3. The van der Waals surface area contributed by atoms with Gasteiger partial charge in [0.15, 0.2) is 0 Å². The van der Waals surface area contributed by atoms with Crippen LogP contribution in [0.4, 0.5) is 5.69 Å². The minimum atomic E-state index is 0.890. The van der Waals surface area contributed by atoms with Crippen molar-refractivity contribution in [3.63, 3.8) is 0 Å². The summed E-state index contributed by atoms with van der Waals surface area (Å²) in [4.78, 5) is 0. The summed E-state index contributed by atoms with van der Waals surface area (Å²) in [7, 11) is 6.49. The first-order valence-electron chi connectivity index (χ1n) is 3.92. The highest BCUT2D eigenvalue weighted by molar-refractivity contribution is 7.85. The highest BCUT2D eigenvalue weighted by atomic mass is 32.1. The molecule has 0 spiro atoms. The molecule has 1 aromatic carbocycles. The van der Waals surface area contributed by atoms with Crippen LogP contribution in [0.5, 0.6) is 0 Å². The molecule has 0 aliphatic heterocycles. The summed E-state index contributed by atoms with van der Waals surface area (Å²) in [6.07, 6.45) is 0. The van der Waals surface area contributed by atoms with Gasteiger partial charge in [0.1, 0.15) is 11.1 Å². The Balaban J connectivity index is 0.000000424. The van der Waals surface area contributed by atoms with Gasteiger partial charge in [-0.05, 0) is 12.1 Å². The fraction of sp³-hybridized carbons (Fsp3) is 0.300. The van der Waals surface area contributed by atoms with Crippen LogP contribution in [-0.4, -0.2) is 21.1 Å². The highest BCUT2D eigenvalue weighted by Crippen LogP contribution is 2.14. The normalized spacial score (nSPS) is 9.46. The molecule has 0 atom stereocenters. The third-order valence-corrected chi connectivity index (χ3v) is 1.53. The van der Waals surface area contributed by atoms with Crippen LogP contribution in [0.15, 0.2) is 30.3 Å². The summed E-state index contributed by atoms with van der Waals surface area (Å²) < 4.78 is 0.890. The maximum atomic E-state index is 7.18. The minimum absolute atomic E-state index is 0.890. The maximum absolute atomic E-state index is 7.18. The summed E-state index contributed by atoms with van der Waals surface area (Å²) >= 11 is 3.09. The molecule has 0 radical (unpaired) electrons. The van der Waals surface area contributed by atoms with E-state index in [4.69, 9.17) is 5.26 Å². The molecular formula is C10H15N2S+. The van der Waals surface area contributed by atoms with E-state index < -0.39 is 0 Å². The van der Waals surface area contributed by atoms with E-state index in [0.29, 0.717) is 0 Å². The van der Waals surface area contributed by atoms with Gasteiger partial charge in [-0.1, -0.05) is 30.8 Å². The first-order valence-corrected chi connectivity index (χ1v) is 4.37. The second-order valence-corrected chi connectivity index (χ2v) is 3.65. The molecule has 0 amide bonds. The fourth-order valence-electron chi connectivity index (χ4n) is 0.875. The van der Waals surface area contributed by atoms with Crippen LogP contribution < -0.4 is 4.48 Å². The van der Waals surface area contributed by atoms with Gasteiger partial charge < -0.3 is 0 Å². The summed E-state index contributed by atoms with van der Waals surface area (Å²) in [6.45, 7) is 0. The summed E-state index contributed by atoms with van der Waals surface area (Å²) in [5.74, 6) is 0. The average molecular weight is 195 g/mol. The monoisotopic (exact) mass is 195 g/mol. The van der Waals surface area contributed by atoms with Gasteiger partial charge in [-0.25, -0.2) is 0 Å². The molecule has 0 saturated carbocycles. The molecule has 0 heterocycles. The van der Waals surface area contributed by atoms with E-state index in [0.717, 1.165) is 4.48 Å². The van der Waals surface area contributed by atoms with Crippen LogP contribution in [0.2, 0.25) is 0 Å². The van der Waals surface area contributed by atoms with E-state index in [-0.39, 0.29) is 0 Å². The van der Waals surface area contributed by atoms with E-state index in [1.54, 1.807) is 0 Å². The lowest BCUT2D eigenvalue weighted by molar-refractivity contribution is 0.486. The Morgan fingerprint density at radius 2 is 1.54 bits per heavy atom. The lowest BCUT2D eigenvalue weighted by atomic mass is 10.3. The van der Waals surface area contributed by atoms with Gasteiger partial charge >= 0.3 is 0 Å². The molecule has 3 heteroatoms. The molecule has 0 aromatic heterocycles. The van der Waals surface area contributed by atoms with E-state index in [9.17, 15) is 0 Å². The van der Waals surface area contributed by atoms with Crippen molar-refractivity contribution in [3.8, 4) is 5.40 Å². The molecule has 70 valence electrons. The molecule has 2 nitrogen and oxygen atoms in total. The second kappa shape index (κ2) is 5.63. The van der Waals surface area contributed by atoms with Crippen molar-refractivity contribution in [1.82, 2.24) is 4.48 Å². The zero-order valence-corrected chi connectivity index (χ0v) is 9.12. The predicted molar refractivity (Wildman–Crippen MR) is 60.6 cm³/mol. The Bertz CT molecular complexity index is 269. The van der Waals surface area contributed by atoms with Crippen LogP contribution in [0.25, 0.3) is 0 Å². The molecule has 1 aromatic rings. The molecule has 1 rings (SSSR count). The zero-order valence-electron chi connectivity index (χ0n) is 8.23. The third kappa shape index (κ3) is 5.29. The summed E-state index contributed by atoms with van der Waals surface area (Å²) in [5.41, 5.74) is 1.34. The van der Waals surface area contributed by atoms with E-state index >= 15 is 0 Å². The first-order chi connectivity index (χ1) is 6.02. The number of hydrogen-bond donors (Lipinski definition) is 1. The van der Waals surface area contributed by atoms with E-state index in [1.165, 1.54) is 11.1 Å². The van der Waals surface area contributed by atoms with Gasteiger partial charge in [-0.3, -0.25) is 4.48 Å². The van der Waals surface area contributed by atoms with Crippen molar-refractivity contribution in [2.24, 2.45) is 0 Å². The summed E-state index contributed by atoms with van der Waals surface area (Å²) in [6, 6.07) is 10.5. The Kier molecular flexibility index (Phi) is 5.20. The predicted octanol–water partition coefficient (Wildman–Crippen LogP) is 2.28. The SMILES string of the molecule is C[N+](C)(C)c1ccccc1.N#CS. The van der Waals surface area contributed by atoms with E-state index in [1.807, 2.05) is 6.07 Å². The summed E-state index contributed by atoms with van der Waals surface area (Å²) in [5, 5.41) is 8.63. The molecule has 0 unspecified atom stereocenters. The quantitative estimate of drug-likeness (QED) is 0.415. The topological polar surface area (TPSA) is 23.8 Å². The number of benzene rings is 1. The number of nitriles is 1. The molecule has 13 heavy (non-hydrogen) atoms. The van der Waals surface area contributed by atoms with Gasteiger partial charge in [0.25, 0.3) is 0 Å². The van der Waals surface area contributed by atoms with Crippen molar-refractivity contribution in [2.45, 2.75) is 0 Å². The van der Waals surface area contributed by atoms with Crippen molar-refractivity contribution in [3.05, 3.63) is 30.3 Å². The van der Waals surface area contributed by atoms with Crippen molar-refractivity contribution in [1.29, 1.82) is 5.26 Å². The number of para-hydroxylation sites is 1. The molecule has 0 N–H and O–H groups in total. The van der Waals surface area contributed by atoms with E-state index in [2.05, 4.69) is 58.0 Å². The second-order valence-electron chi connectivity index (χ2n) is 3.45.